The van der Waals surface area contributed by atoms with Gasteiger partial charge in [0.1, 0.15) is 0 Å². The first-order valence-corrected chi connectivity index (χ1v) is 20.8. The number of aromatic nitrogens is 4. The fraction of sp³-hybridized carbons (Fsp3) is 0.500. The maximum Gasteiger partial charge on any atom is 0.338 e. The van der Waals surface area contributed by atoms with Gasteiger partial charge in [-0.2, -0.15) is 0 Å². The molecule has 5 N–H and O–H groups in total. The Balaban J connectivity index is 1.75. The van der Waals surface area contributed by atoms with E-state index in [0.29, 0.717) is 47.4 Å². The Bertz CT molecular complexity index is 2230. The number of carboxylic acid groups (broad SMARTS) is 1. The number of aromatic carboxylic acids is 1. The number of amides is 2. The van der Waals surface area contributed by atoms with Crippen molar-refractivity contribution in [2.75, 3.05) is 54.4 Å². The van der Waals surface area contributed by atoms with Gasteiger partial charge in [-0.15, -0.1) is 0 Å². The van der Waals surface area contributed by atoms with Gasteiger partial charge in [0.05, 0.1) is 34.6 Å². The van der Waals surface area contributed by atoms with Crippen LogP contribution in [0.25, 0.3) is 39.3 Å². The minimum absolute atomic E-state index is 0.0394. The molecular weight excluding hydrogens is 729 g/mol. The van der Waals surface area contributed by atoms with Gasteiger partial charge in [0.25, 0.3) is 0 Å². The zero-order valence-corrected chi connectivity index (χ0v) is 36.1. The third kappa shape index (κ3) is 10.1. The van der Waals surface area contributed by atoms with Crippen LogP contribution in [0.3, 0.4) is 0 Å². The quantitative estimate of drug-likeness (QED) is 0.0819. The number of carboxylic acids is 1. The van der Waals surface area contributed by atoms with Gasteiger partial charge in [-0.1, -0.05) is 26.5 Å². The number of aromatic amines is 2. The van der Waals surface area contributed by atoms with E-state index in [2.05, 4.69) is 76.8 Å². The van der Waals surface area contributed by atoms with Crippen molar-refractivity contribution >= 4 is 57.1 Å². The van der Waals surface area contributed by atoms with Gasteiger partial charge in [-0.05, 0) is 141 Å². The molecule has 312 valence electrons. The summed E-state index contributed by atoms with van der Waals surface area (Å²) in [7, 11) is 8.13. The van der Waals surface area contributed by atoms with Crippen molar-refractivity contribution in [3.63, 3.8) is 0 Å². The third-order valence-electron chi connectivity index (χ3n) is 11.7. The van der Waals surface area contributed by atoms with Crippen LogP contribution in [0.5, 0.6) is 0 Å². The monoisotopic (exact) mass is 793 g/mol. The number of hydrogen-bond donors (Lipinski definition) is 5. The summed E-state index contributed by atoms with van der Waals surface area (Å²) in [5, 5.41) is 17.0. The lowest BCUT2D eigenvalue weighted by Crippen LogP contribution is -2.28. The highest BCUT2D eigenvalue weighted by atomic mass is 16.4. The van der Waals surface area contributed by atoms with Crippen molar-refractivity contribution in [1.29, 1.82) is 0 Å². The molecular formula is C46H64N8O4. The van der Waals surface area contributed by atoms with Crippen molar-refractivity contribution in [3.8, 4) is 0 Å². The van der Waals surface area contributed by atoms with Gasteiger partial charge in [-0.3, -0.25) is 14.6 Å². The number of aryl methyl sites for hydroxylation is 2. The average Bonchev–Trinajstić information content (AvgIpc) is 3.85. The zero-order valence-electron chi connectivity index (χ0n) is 36.1. The number of allylic oxidation sites excluding steroid dienone is 2. The van der Waals surface area contributed by atoms with E-state index in [4.69, 9.17) is 9.97 Å². The summed E-state index contributed by atoms with van der Waals surface area (Å²) in [5.41, 5.74) is 11.0. The van der Waals surface area contributed by atoms with Crippen molar-refractivity contribution in [2.24, 2.45) is 0 Å². The lowest BCUT2D eigenvalue weighted by molar-refractivity contribution is -0.121. The summed E-state index contributed by atoms with van der Waals surface area (Å²) in [6.45, 7) is 17.2. The van der Waals surface area contributed by atoms with Gasteiger partial charge in [0.2, 0.25) is 11.8 Å². The third-order valence-corrected chi connectivity index (χ3v) is 11.7. The number of carbonyl (C=O) groups is 3. The van der Waals surface area contributed by atoms with E-state index in [-0.39, 0.29) is 42.1 Å². The molecule has 0 spiro atoms. The molecule has 2 aliphatic heterocycles. The molecule has 2 amide bonds. The standard InChI is InChI=1S/C46H64N8O4/c1-11-31-27(3)35-24-37-29(5)33(17-18-41(55)47-19-13-15-21-53(7)8)44(51-37)34(23-42(56)48-20-14-16-22-54(9)10)45-43(46(57)58)30(6)38(52-45)26-40-32(12-2)28(4)36(50-40)25-39(31)49-35/h11,24-26,29,33,49,52H,1,12-23H2,2-10H3,(H,47,55)(H,48,56)(H,57,58)/t29-,33-/m0/s1. The number of nitrogens with one attached hydrogen (secondary N) is 4. The van der Waals surface area contributed by atoms with E-state index in [0.717, 1.165) is 95.6 Å². The highest BCUT2D eigenvalue weighted by Gasteiger charge is 2.33. The maximum absolute atomic E-state index is 13.9. The molecule has 5 heterocycles. The van der Waals surface area contributed by atoms with Crippen LogP contribution in [-0.2, 0) is 16.0 Å². The first-order valence-electron chi connectivity index (χ1n) is 20.8. The maximum atomic E-state index is 13.9. The molecule has 0 saturated carbocycles. The van der Waals surface area contributed by atoms with Gasteiger partial charge < -0.3 is 35.5 Å². The van der Waals surface area contributed by atoms with E-state index < -0.39 is 5.97 Å². The molecule has 12 nitrogen and oxygen atoms in total. The zero-order chi connectivity index (χ0) is 42.3. The molecule has 2 atom stereocenters. The van der Waals surface area contributed by atoms with Crippen LogP contribution in [0.15, 0.2) is 24.8 Å². The van der Waals surface area contributed by atoms with E-state index in [1.807, 2.05) is 40.3 Å². The molecule has 3 aromatic rings. The summed E-state index contributed by atoms with van der Waals surface area (Å²) in [6.07, 6.45) is 6.86. The topological polar surface area (TPSA) is 159 Å². The van der Waals surface area contributed by atoms with Gasteiger partial charge in [0, 0.05) is 64.7 Å². The van der Waals surface area contributed by atoms with Crippen molar-refractivity contribution in [3.05, 3.63) is 75.4 Å². The van der Waals surface area contributed by atoms with Crippen LogP contribution >= 0.6 is 0 Å². The lowest BCUT2D eigenvalue weighted by atomic mass is 9.84. The number of nitrogens with zero attached hydrogens (tertiary/aromatic N) is 4. The number of hydrogen-bond acceptors (Lipinski definition) is 7. The Labute approximate surface area is 343 Å². The van der Waals surface area contributed by atoms with Crippen LogP contribution < -0.4 is 10.6 Å². The van der Waals surface area contributed by atoms with Crippen molar-refractivity contribution < 1.29 is 19.5 Å². The second-order valence-corrected chi connectivity index (χ2v) is 16.4. The SMILES string of the molecule is C=Cc1c(C)c2cc3nc(c(CC(=O)NCCCCN(C)C)c4[nH]c(cc5nc(cc1[nH]2)C(C)=C5CC)c(C)c4C(=O)O)[C@@H](CCC(=O)NCCCCN(C)C)[C@@H]3C. The van der Waals surface area contributed by atoms with Crippen LogP contribution in [0, 0.1) is 13.8 Å². The Hall–Kier alpha value is -5.07. The normalized spacial score (nSPS) is 15.4. The van der Waals surface area contributed by atoms with Gasteiger partial charge >= 0.3 is 5.97 Å². The first kappa shape index (κ1) is 44.0. The Kier molecular flexibility index (Phi) is 14.9. The largest absolute Gasteiger partial charge is 0.478 e. The fourth-order valence-corrected chi connectivity index (χ4v) is 8.26. The number of carbonyl (C=O) groups excluding carboxylic acids is 2. The molecule has 0 saturated heterocycles. The average molecular weight is 793 g/mol. The van der Waals surface area contributed by atoms with Gasteiger partial charge in [-0.25, -0.2) is 9.78 Å². The molecule has 58 heavy (non-hydrogen) atoms. The van der Waals surface area contributed by atoms with E-state index in [1.165, 1.54) is 0 Å². The number of unbranched alkanes of at least 4 members (excludes halogenated alkanes) is 2. The molecule has 5 rings (SSSR count). The van der Waals surface area contributed by atoms with E-state index in [1.54, 1.807) is 6.92 Å². The Morgan fingerprint density at radius 2 is 1.47 bits per heavy atom. The molecule has 12 heteroatoms. The first-order chi connectivity index (χ1) is 27.6. The lowest BCUT2D eigenvalue weighted by Gasteiger charge is -2.18. The molecule has 8 bridgehead atoms. The molecule has 0 unspecified atom stereocenters. The number of fused-ring (bicyclic) bond motifs is 8. The molecule has 0 aromatic carbocycles. The van der Waals surface area contributed by atoms with Crippen molar-refractivity contribution in [1.82, 2.24) is 40.4 Å². The van der Waals surface area contributed by atoms with Crippen LogP contribution in [0.1, 0.15) is 133 Å². The Morgan fingerprint density at radius 3 is 2.07 bits per heavy atom. The smallest absolute Gasteiger partial charge is 0.338 e. The summed E-state index contributed by atoms with van der Waals surface area (Å²) in [6, 6.07) is 6.03. The number of rotatable bonds is 18. The minimum atomic E-state index is -1.10. The summed E-state index contributed by atoms with van der Waals surface area (Å²) in [5.74, 6) is -1.77. The second-order valence-electron chi connectivity index (χ2n) is 16.4. The van der Waals surface area contributed by atoms with E-state index >= 15 is 0 Å². The summed E-state index contributed by atoms with van der Waals surface area (Å²) < 4.78 is 0. The van der Waals surface area contributed by atoms with Crippen molar-refractivity contribution in [2.45, 2.75) is 97.8 Å². The predicted octanol–water partition coefficient (Wildman–Crippen LogP) is 7.74. The molecule has 3 aromatic heterocycles. The summed E-state index contributed by atoms with van der Waals surface area (Å²) in [4.78, 5) is 62.2. The molecule has 0 fully saturated rings. The second kappa shape index (κ2) is 19.6. The Morgan fingerprint density at radius 1 is 0.845 bits per heavy atom. The van der Waals surface area contributed by atoms with Crippen LogP contribution in [0.2, 0.25) is 0 Å². The predicted molar refractivity (Wildman–Crippen MR) is 236 cm³/mol. The molecule has 0 aliphatic carbocycles. The van der Waals surface area contributed by atoms with Crippen LogP contribution in [-0.4, -0.2) is 107 Å². The summed E-state index contributed by atoms with van der Waals surface area (Å²) >= 11 is 0. The minimum Gasteiger partial charge on any atom is -0.478 e. The highest BCUT2D eigenvalue weighted by molar-refractivity contribution is 6.03. The molecule has 2 aliphatic rings. The molecule has 0 radical (unpaired) electrons. The van der Waals surface area contributed by atoms with Gasteiger partial charge in [0.15, 0.2) is 0 Å². The highest BCUT2D eigenvalue weighted by Crippen LogP contribution is 2.43. The van der Waals surface area contributed by atoms with E-state index in [9.17, 15) is 19.5 Å². The fourth-order valence-electron chi connectivity index (χ4n) is 8.26. The number of H-pyrrole nitrogens is 2. The van der Waals surface area contributed by atoms with Crippen LogP contribution in [0.4, 0.5) is 0 Å².